The zero-order chi connectivity index (χ0) is 18.1. The van der Waals surface area contributed by atoms with E-state index in [1.807, 2.05) is 28.5 Å². The van der Waals surface area contributed by atoms with E-state index in [1.165, 1.54) is 5.56 Å². The van der Waals surface area contributed by atoms with Crippen LogP contribution in [0.3, 0.4) is 0 Å². The van der Waals surface area contributed by atoms with Crippen molar-refractivity contribution in [2.24, 2.45) is 0 Å². The Morgan fingerprint density at radius 1 is 1.22 bits per heavy atom. The zero-order valence-corrected chi connectivity index (χ0v) is 15.7. The Morgan fingerprint density at radius 3 is 2.74 bits per heavy atom. The summed E-state index contributed by atoms with van der Waals surface area (Å²) in [6.45, 7) is 3.13. The Labute approximate surface area is 164 Å². The molecule has 0 fully saturated rings. The number of fused-ring (bicyclic) bond motifs is 1. The van der Waals surface area contributed by atoms with Gasteiger partial charge in [0.2, 0.25) is 0 Å². The largest absolute Gasteiger partial charge is 0.330 e. The van der Waals surface area contributed by atoms with Gasteiger partial charge in [0.15, 0.2) is 0 Å². The van der Waals surface area contributed by atoms with E-state index in [0.29, 0.717) is 18.7 Å². The first-order valence-electron chi connectivity index (χ1n) is 8.51. The van der Waals surface area contributed by atoms with Crippen molar-refractivity contribution in [2.45, 2.75) is 26.1 Å². The van der Waals surface area contributed by atoms with Gasteiger partial charge in [-0.15, -0.1) is 12.4 Å². The van der Waals surface area contributed by atoms with Crippen molar-refractivity contribution in [2.75, 3.05) is 0 Å². The number of carbonyl (C=O) groups is 1. The predicted molar refractivity (Wildman–Crippen MR) is 104 cm³/mol. The molecule has 4 rings (SSSR count). The minimum absolute atomic E-state index is 0. The van der Waals surface area contributed by atoms with E-state index in [-0.39, 0.29) is 18.3 Å². The van der Waals surface area contributed by atoms with Crippen LogP contribution in [-0.4, -0.2) is 20.4 Å². The van der Waals surface area contributed by atoms with Crippen LogP contribution in [0, 0.1) is 18.3 Å². The number of nitrogens with zero attached hydrogens (tertiary/aromatic N) is 4. The van der Waals surface area contributed by atoms with Crippen LogP contribution in [-0.2, 0) is 17.9 Å². The number of carbonyl (C=O) groups excluding carboxylic acids is 1. The van der Waals surface area contributed by atoms with Gasteiger partial charge in [-0.3, -0.25) is 4.79 Å². The van der Waals surface area contributed by atoms with E-state index >= 15 is 0 Å². The summed E-state index contributed by atoms with van der Waals surface area (Å²) in [5, 5.41) is 9.19. The van der Waals surface area contributed by atoms with Crippen LogP contribution >= 0.6 is 12.4 Å². The lowest BCUT2D eigenvalue weighted by molar-refractivity contribution is -0.136. The van der Waals surface area contributed by atoms with Crippen LogP contribution < -0.4 is 0 Å². The second-order valence-electron chi connectivity index (χ2n) is 6.61. The highest BCUT2D eigenvalue weighted by atomic mass is 35.5. The van der Waals surface area contributed by atoms with Crippen LogP contribution in [0.5, 0.6) is 0 Å². The number of benzene rings is 2. The van der Waals surface area contributed by atoms with Gasteiger partial charge >= 0.3 is 0 Å². The van der Waals surface area contributed by atoms with Gasteiger partial charge in [0.1, 0.15) is 6.04 Å². The van der Waals surface area contributed by atoms with Gasteiger partial charge < -0.3 is 9.47 Å². The lowest BCUT2D eigenvalue weighted by Gasteiger charge is -2.34. The summed E-state index contributed by atoms with van der Waals surface area (Å²) in [5.41, 5.74) is 4.64. The topological polar surface area (TPSA) is 61.9 Å². The number of nitriles is 1. The fourth-order valence-electron chi connectivity index (χ4n) is 3.38. The zero-order valence-electron chi connectivity index (χ0n) is 14.9. The highest BCUT2D eigenvalue weighted by molar-refractivity contribution is 5.85. The predicted octanol–water partition coefficient (Wildman–Crippen LogP) is 3.62. The molecule has 2 heterocycles. The molecule has 1 unspecified atom stereocenters. The molecule has 1 aliphatic heterocycles. The fraction of sp³-hybridized carbons (Fsp3) is 0.190. The molecule has 2 aromatic carbocycles. The van der Waals surface area contributed by atoms with E-state index < -0.39 is 6.04 Å². The van der Waals surface area contributed by atoms with Crippen molar-refractivity contribution in [3.8, 4) is 6.07 Å². The SMILES string of the molecule is Cc1ccc(CN2Cc3cncn3C(c3cccc(C#N)c3)C2=O)cc1.Cl. The first kappa shape index (κ1) is 18.7. The number of aryl methyl sites for hydroxylation is 1. The highest BCUT2D eigenvalue weighted by Crippen LogP contribution is 2.29. The van der Waals surface area contributed by atoms with Gasteiger partial charge in [-0.1, -0.05) is 42.0 Å². The summed E-state index contributed by atoms with van der Waals surface area (Å²) in [6.07, 6.45) is 3.50. The molecule has 0 saturated carbocycles. The Bertz CT molecular complexity index is 1000. The average molecular weight is 379 g/mol. The third-order valence-corrected chi connectivity index (χ3v) is 4.75. The third kappa shape index (κ3) is 3.57. The van der Waals surface area contributed by atoms with E-state index in [9.17, 15) is 10.1 Å². The molecule has 0 N–H and O–H groups in total. The van der Waals surface area contributed by atoms with Gasteiger partial charge in [-0.05, 0) is 30.2 Å². The third-order valence-electron chi connectivity index (χ3n) is 4.75. The molecule has 0 aliphatic carbocycles. The van der Waals surface area contributed by atoms with Crippen molar-refractivity contribution >= 4 is 18.3 Å². The Hall–Kier alpha value is -3.10. The molecule has 1 aromatic heterocycles. The second kappa shape index (κ2) is 7.65. The van der Waals surface area contributed by atoms with Crippen LogP contribution in [0.25, 0.3) is 0 Å². The van der Waals surface area contributed by atoms with Crippen LogP contribution in [0.15, 0.2) is 61.1 Å². The molecule has 6 heteroatoms. The number of hydrogen-bond donors (Lipinski definition) is 0. The monoisotopic (exact) mass is 378 g/mol. The molecule has 136 valence electrons. The second-order valence-corrected chi connectivity index (χ2v) is 6.61. The first-order chi connectivity index (χ1) is 12.7. The standard InChI is InChI=1S/C21H18N4O.ClH/c1-15-5-7-16(8-6-15)12-24-13-19-11-23-14-25(19)20(21(24)26)18-4-2-3-17(9-18)10-22;/h2-9,11,14,20H,12-13H2,1H3;1H. The van der Waals surface area contributed by atoms with Gasteiger partial charge in [-0.25, -0.2) is 4.98 Å². The maximum absolute atomic E-state index is 13.3. The number of amides is 1. The Kier molecular flexibility index (Phi) is 5.29. The van der Waals surface area contributed by atoms with Crippen molar-refractivity contribution in [1.82, 2.24) is 14.5 Å². The van der Waals surface area contributed by atoms with Crippen molar-refractivity contribution in [3.05, 3.63) is 89.0 Å². The van der Waals surface area contributed by atoms with Crippen LogP contribution in [0.4, 0.5) is 0 Å². The first-order valence-corrected chi connectivity index (χ1v) is 8.51. The van der Waals surface area contributed by atoms with Crippen molar-refractivity contribution in [3.63, 3.8) is 0 Å². The summed E-state index contributed by atoms with van der Waals surface area (Å²) in [7, 11) is 0. The maximum atomic E-state index is 13.3. The Balaban J connectivity index is 0.00000210. The highest BCUT2D eigenvalue weighted by Gasteiger charge is 2.34. The number of aromatic nitrogens is 2. The molecule has 3 aromatic rings. The molecule has 27 heavy (non-hydrogen) atoms. The molecule has 1 aliphatic rings. The summed E-state index contributed by atoms with van der Waals surface area (Å²) in [4.78, 5) is 19.3. The number of rotatable bonds is 3. The van der Waals surface area contributed by atoms with Gasteiger partial charge in [0.05, 0.1) is 30.2 Å². The van der Waals surface area contributed by atoms with E-state index in [2.05, 4.69) is 35.3 Å². The number of halogens is 1. The van der Waals surface area contributed by atoms with E-state index in [4.69, 9.17) is 0 Å². The molecule has 1 amide bonds. The van der Waals surface area contributed by atoms with E-state index in [0.717, 1.165) is 16.8 Å². The average Bonchev–Trinajstić information content (AvgIpc) is 3.12. The normalized spacial score (nSPS) is 15.6. The summed E-state index contributed by atoms with van der Waals surface area (Å²) in [5.74, 6) is 0.0196. The minimum atomic E-state index is -0.486. The van der Waals surface area contributed by atoms with Crippen molar-refractivity contribution < 1.29 is 4.79 Å². The van der Waals surface area contributed by atoms with Gasteiger partial charge in [-0.2, -0.15) is 5.26 Å². The fourth-order valence-corrected chi connectivity index (χ4v) is 3.38. The molecule has 0 bridgehead atoms. The van der Waals surface area contributed by atoms with Gasteiger partial charge in [0.25, 0.3) is 5.91 Å². The summed E-state index contributed by atoms with van der Waals surface area (Å²) >= 11 is 0. The molecule has 0 spiro atoms. The van der Waals surface area contributed by atoms with Crippen LogP contribution in [0.2, 0.25) is 0 Å². The van der Waals surface area contributed by atoms with Crippen LogP contribution in [0.1, 0.15) is 34.0 Å². The van der Waals surface area contributed by atoms with Crippen molar-refractivity contribution in [1.29, 1.82) is 5.26 Å². The summed E-state index contributed by atoms with van der Waals surface area (Å²) in [6, 6.07) is 17.1. The Morgan fingerprint density at radius 2 is 2.00 bits per heavy atom. The maximum Gasteiger partial charge on any atom is 0.250 e. The molecule has 5 nitrogen and oxygen atoms in total. The van der Waals surface area contributed by atoms with E-state index in [1.54, 1.807) is 24.7 Å². The minimum Gasteiger partial charge on any atom is -0.330 e. The molecular weight excluding hydrogens is 360 g/mol. The number of hydrogen-bond acceptors (Lipinski definition) is 3. The molecule has 0 radical (unpaired) electrons. The lowest BCUT2D eigenvalue weighted by atomic mass is 10.00. The summed E-state index contributed by atoms with van der Waals surface area (Å²) < 4.78 is 1.91. The van der Waals surface area contributed by atoms with Gasteiger partial charge in [0, 0.05) is 12.7 Å². The molecule has 1 atom stereocenters. The smallest absolute Gasteiger partial charge is 0.250 e. The molecule has 0 saturated heterocycles. The number of imidazole rings is 1. The lowest BCUT2D eigenvalue weighted by Crippen LogP contribution is -2.42. The quantitative estimate of drug-likeness (QED) is 0.699. The molecular formula is C21H19ClN4O.